The molecule has 0 spiro atoms. The Morgan fingerprint density at radius 3 is 1.91 bits per heavy atom. The number of hydrogen-bond donors (Lipinski definition) is 0. The highest BCUT2D eigenvalue weighted by atomic mass is 31.2. The van der Waals surface area contributed by atoms with E-state index in [0.29, 0.717) is 0 Å². The molecule has 5 atom stereocenters. The lowest BCUT2D eigenvalue weighted by atomic mass is 9.98. The highest BCUT2D eigenvalue weighted by Gasteiger charge is 2.54. The van der Waals surface area contributed by atoms with E-state index >= 15 is 0 Å². The molecule has 0 amide bonds. The maximum Gasteiger partial charge on any atom is 0.477 e. The molecule has 1 aliphatic rings. The van der Waals surface area contributed by atoms with Crippen LogP contribution in [0.25, 0.3) is 10.4 Å². The number of carbonyl (C=O) groups excluding carboxylic acids is 3. The molecular formula is C18H26N3O11P. The van der Waals surface area contributed by atoms with E-state index in [-0.39, 0.29) is 13.2 Å². The number of phosphoric ester groups is 1. The molecule has 0 aromatic rings. The van der Waals surface area contributed by atoms with Crippen molar-refractivity contribution in [3.05, 3.63) is 35.8 Å². The lowest BCUT2D eigenvalue weighted by molar-refractivity contribution is -0.285. The van der Waals surface area contributed by atoms with E-state index in [9.17, 15) is 18.9 Å². The van der Waals surface area contributed by atoms with E-state index in [4.69, 9.17) is 38.0 Å². The Bertz CT molecular complexity index is 813. The highest BCUT2D eigenvalue weighted by Crippen LogP contribution is 2.52. The second-order valence-electron chi connectivity index (χ2n) is 6.40. The normalized spacial score (nSPS) is 24.6. The summed E-state index contributed by atoms with van der Waals surface area (Å²) in [6.07, 6.45) is -4.85. The molecule has 33 heavy (non-hydrogen) atoms. The van der Waals surface area contributed by atoms with Crippen molar-refractivity contribution in [3.8, 4) is 0 Å². The van der Waals surface area contributed by atoms with Crippen LogP contribution in [0.4, 0.5) is 0 Å². The van der Waals surface area contributed by atoms with E-state index in [2.05, 4.69) is 23.2 Å². The standard InChI is InChI=1S/C18H26N3O11P/c1-6-8-26-33(25,27-9-7-2)32-18-17(30-13(5)24)16(29-12(4)23)15(28-11(3)22)14(31-18)10-20-21-19/h6-7,14-18H,1-2,8-10H2,3-5H3/t14-,15-,16+,17+,18+/m1/s1. The van der Waals surface area contributed by atoms with Crippen molar-refractivity contribution in [1.82, 2.24) is 0 Å². The van der Waals surface area contributed by atoms with Gasteiger partial charge in [-0.2, -0.15) is 0 Å². The fourth-order valence-electron chi connectivity index (χ4n) is 2.72. The molecule has 0 N–H and O–H groups in total. The van der Waals surface area contributed by atoms with Crippen LogP contribution >= 0.6 is 7.82 Å². The summed E-state index contributed by atoms with van der Waals surface area (Å²) in [5.41, 5.74) is 8.70. The van der Waals surface area contributed by atoms with Crippen LogP contribution in [0, 0.1) is 0 Å². The van der Waals surface area contributed by atoms with Crippen LogP contribution in [0.3, 0.4) is 0 Å². The van der Waals surface area contributed by atoms with Crippen LogP contribution in [-0.4, -0.2) is 68.4 Å². The molecular weight excluding hydrogens is 465 g/mol. The Balaban J connectivity index is 3.46. The third-order valence-electron chi connectivity index (χ3n) is 3.76. The van der Waals surface area contributed by atoms with Gasteiger partial charge in [-0.1, -0.05) is 17.3 Å². The molecule has 1 heterocycles. The number of azide groups is 1. The number of carbonyl (C=O) groups is 3. The monoisotopic (exact) mass is 491 g/mol. The van der Waals surface area contributed by atoms with Crippen molar-refractivity contribution in [2.24, 2.45) is 5.11 Å². The second kappa shape index (κ2) is 13.7. The zero-order valence-corrected chi connectivity index (χ0v) is 19.3. The van der Waals surface area contributed by atoms with Gasteiger partial charge in [0.2, 0.25) is 6.29 Å². The molecule has 0 radical (unpaired) electrons. The quantitative estimate of drug-likeness (QED) is 0.0701. The van der Waals surface area contributed by atoms with Gasteiger partial charge in [-0.05, 0) is 5.53 Å². The molecule has 1 aliphatic heterocycles. The van der Waals surface area contributed by atoms with Crippen LogP contribution in [-0.2, 0) is 51.5 Å². The smallest absolute Gasteiger partial charge is 0.456 e. The molecule has 15 heteroatoms. The fraction of sp³-hybridized carbons (Fsp3) is 0.611. The Hall–Kier alpha value is -2.73. The third kappa shape index (κ3) is 9.34. The lowest BCUT2D eigenvalue weighted by Crippen LogP contribution is -2.62. The summed E-state index contributed by atoms with van der Waals surface area (Å²) in [6.45, 7) is 9.18. The number of ether oxygens (including phenoxy) is 4. The number of hydrogen-bond acceptors (Lipinski definition) is 12. The average molecular weight is 491 g/mol. The number of esters is 3. The van der Waals surface area contributed by atoms with Crippen molar-refractivity contribution in [2.75, 3.05) is 19.8 Å². The molecule has 1 saturated heterocycles. The maximum absolute atomic E-state index is 13.1. The van der Waals surface area contributed by atoms with Gasteiger partial charge in [-0.3, -0.25) is 28.0 Å². The Kier molecular flexibility index (Phi) is 11.8. The van der Waals surface area contributed by atoms with Gasteiger partial charge >= 0.3 is 25.7 Å². The van der Waals surface area contributed by atoms with Crippen LogP contribution in [0.1, 0.15) is 20.8 Å². The van der Waals surface area contributed by atoms with E-state index in [1.165, 1.54) is 12.2 Å². The zero-order valence-electron chi connectivity index (χ0n) is 18.4. The maximum atomic E-state index is 13.1. The van der Waals surface area contributed by atoms with Gasteiger partial charge in [0.1, 0.15) is 6.10 Å². The topological polar surface area (TPSA) is 182 Å². The van der Waals surface area contributed by atoms with E-state index in [1.54, 1.807) is 0 Å². The molecule has 1 fully saturated rings. The first-order valence-electron chi connectivity index (χ1n) is 9.54. The van der Waals surface area contributed by atoms with Crippen LogP contribution in [0.15, 0.2) is 30.4 Å². The van der Waals surface area contributed by atoms with Gasteiger partial charge in [-0.15, -0.1) is 13.2 Å². The molecule has 0 aromatic heterocycles. The summed E-state index contributed by atoms with van der Waals surface area (Å²) in [6, 6.07) is 0. The summed E-state index contributed by atoms with van der Waals surface area (Å²) >= 11 is 0. The fourth-order valence-corrected chi connectivity index (χ4v) is 3.91. The first-order chi connectivity index (χ1) is 15.6. The van der Waals surface area contributed by atoms with Crippen molar-refractivity contribution < 1.29 is 51.5 Å². The highest BCUT2D eigenvalue weighted by molar-refractivity contribution is 7.48. The molecule has 0 unspecified atom stereocenters. The van der Waals surface area contributed by atoms with E-state index in [0.717, 1.165) is 20.8 Å². The summed E-state index contributed by atoms with van der Waals surface area (Å²) in [7, 11) is -4.37. The van der Waals surface area contributed by atoms with Gasteiger partial charge in [0.05, 0.1) is 19.8 Å². The molecule has 14 nitrogen and oxygen atoms in total. The van der Waals surface area contributed by atoms with Crippen molar-refractivity contribution in [1.29, 1.82) is 0 Å². The third-order valence-corrected chi connectivity index (χ3v) is 5.15. The average Bonchev–Trinajstić information content (AvgIpc) is 2.73. The lowest BCUT2D eigenvalue weighted by Gasteiger charge is -2.44. The molecule has 0 bridgehead atoms. The van der Waals surface area contributed by atoms with Crippen molar-refractivity contribution in [3.63, 3.8) is 0 Å². The molecule has 184 valence electrons. The van der Waals surface area contributed by atoms with Gasteiger partial charge in [-0.25, -0.2) is 4.57 Å². The van der Waals surface area contributed by atoms with Gasteiger partial charge < -0.3 is 18.9 Å². The Labute approximate surface area is 190 Å². The van der Waals surface area contributed by atoms with Crippen molar-refractivity contribution >= 4 is 25.7 Å². The number of nitrogens with zero attached hydrogens (tertiary/aromatic N) is 3. The number of phosphoric acid groups is 1. The molecule has 0 aromatic carbocycles. The first kappa shape index (κ1) is 28.3. The minimum atomic E-state index is -4.37. The molecule has 0 aliphatic carbocycles. The SMILES string of the molecule is C=CCOP(=O)(OCC=C)O[C@@H]1O[C@H](CN=[N+]=[N-])[C@@H](OC(C)=O)[C@H](OC(C)=O)[C@@H]1OC(C)=O. The zero-order chi connectivity index (χ0) is 25.0. The minimum Gasteiger partial charge on any atom is -0.456 e. The van der Waals surface area contributed by atoms with Crippen LogP contribution in [0.2, 0.25) is 0 Å². The van der Waals surface area contributed by atoms with Crippen molar-refractivity contribution in [2.45, 2.75) is 51.5 Å². The van der Waals surface area contributed by atoms with Crippen LogP contribution < -0.4 is 0 Å². The summed E-state index contributed by atoms with van der Waals surface area (Å²) in [4.78, 5) is 37.8. The first-order valence-corrected chi connectivity index (χ1v) is 11.0. The summed E-state index contributed by atoms with van der Waals surface area (Å²) in [5, 5.41) is 3.39. The van der Waals surface area contributed by atoms with Gasteiger partial charge in [0.15, 0.2) is 18.3 Å². The summed E-state index contributed by atoms with van der Waals surface area (Å²) in [5.74, 6) is -2.47. The molecule has 1 rings (SSSR count). The predicted octanol–water partition coefficient (Wildman–Crippen LogP) is 2.35. The second-order valence-corrected chi connectivity index (χ2v) is 8.02. The van der Waals surface area contributed by atoms with Gasteiger partial charge in [0.25, 0.3) is 0 Å². The van der Waals surface area contributed by atoms with E-state index in [1.807, 2.05) is 0 Å². The minimum absolute atomic E-state index is 0.245. The predicted molar refractivity (Wildman–Crippen MR) is 110 cm³/mol. The summed E-state index contributed by atoms with van der Waals surface area (Å²) < 4.78 is 50.0. The van der Waals surface area contributed by atoms with Gasteiger partial charge in [0, 0.05) is 25.7 Å². The largest absolute Gasteiger partial charge is 0.477 e. The Morgan fingerprint density at radius 1 is 0.970 bits per heavy atom. The number of rotatable bonds is 13. The van der Waals surface area contributed by atoms with E-state index < -0.39 is 63.0 Å². The molecule has 0 saturated carbocycles. The van der Waals surface area contributed by atoms with Crippen LogP contribution in [0.5, 0.6) is 0 Å². The Morgan fingerprint density at radius 2 is 1.45 bits per heavy atom.